The molecule has 168 valence electrons. The number of benzene rings is 1. The van der Waals surface area contributed by atoms with Crippen molar-refractivity contribution in [1.82, 2.24) is 14.9 Å². The van der Waals surface area contributed by atoms with E-state index in [0.717, 1.165) is 61.2 Å². The monoisotopic (exact) mass is 443 g/mol. The lowest BCUT2D eigenvalue weighted by Gasteiger charge is -2.54. The molecule has 1 N–H and O–H groups in total. The highest BCUT2D eigenvalue weighted by molar-refractivity contribution is 6.30. The molecular formula is C25H34ClN3O2. The third kappa shape index (κ3) is 3.90. The van der Waals surface area contributed by atoms with Gasteiger partial charge < -0.3 is 14.5 Å². The highest BCUT2D eigenvalue weighted by atomic mass is 35.5. The molecule has 2 fully saturated rings. The summed E-state index contributed by atoms with van der Waals surface area (Å²) in [4.78, 5) is 10.7. The molecule has 1 aromatic heterocycles. The maximum Gasteiger partial charge on any atom is 0.126 e. The second-order valence-corrected chi connectivity index (χ2v) is 10.8. The Kier molecular flexibility index (Phi) is 5.35. The second-order valence-electron chi connectivity index (χ2n) is 10.3. The first kappa shape index (κ1) is 21.3. The number of ether oxygens (including phenoxy) is 2. The van der Waals surface area contributed by atoms with E-state index in [4.69, 9.17) is 26.1 Å². The number of likely N-dealkylation sites (tertiary alicyclic amines) is 1. The summed E-state index contributed by atoms with van der Waals surface area (Å²) in [7, 11) is 0. The van der Waals surface area contributed by atoms with Gasteiger partial charge in [-0.05, 0) is 76.7 Å². The van der Waals surface area contributed by atoms with Crippen LogP contribution in [0.15, 0.2) is 18.2 Å². The molecule has 5 rings (SSSR count). The third-order valence-electron chi connectivity index (χ3n) is 7.79. The van der Waals surface area contributed by atoms with Gasteiger partial charge >= 0.3 is 0 Å². The average Bonchev–Trinajstić information content (AvgIpc) is 3.10. The lowest BCUT2D eigenvalue weighted by molar-refractivity contribution is -0.174. The van der Waals surface area contributed by atoms with Gasteiger partial charge in [-0.1, -0.05) is 18.5 Å². The van der Waals surface area contributed by atoms with E-state index in [2.05, 4.69) is 37.6 Å². The van der Waals surface area contributed by atoms with Gasteiger partial charge in [-0.2, -0.15) is 0 Å². The first-order valence-corrected chi connectivity index (χ1v) is 12.0. The quantitative estimate of drug-likeness (QED) is 0.683. The molecule has 3 aliphatic rings. The Bertz CT molecular complexity index is 962. The van der Waals surface area contributed by atoms with Crippen molar-refractivity contribution in [2.45, 2.75) is 71.6 Å². The Hall–Kier alpha value is -1.56. The van der Waals surface area contributed by atoms with Crippen LogP contribution in [0.1, 0.15) is 68.9 Å². The number of nitrogens with zero attached hydrogens (tertiary/aromatic N) is 2. The lowest BCUT2D eigenvalue weighted by Crippen LogP contribution is -2.54. The smallest absolute Gasteiger partial charge is 0.126 e. The van der Waals surface area contributed by atoms with Gasteiger partial charge in [0, 0.05) is 35.2 Å². The van der Waals surface area contributed by atoms with Gasteiger partial charge in [0.25, 0.3) is 0 Å². The van der Waals surface area contributed by atoms with Gasteiger partial charge in [-0.25, -0.2) is 4.98 Å². The SMILES string of the molecule is CCc1nc(CN2CCC3(CC2)COC2c4cc(Cl)ccc4OC(C)(C)C2C3)c(C)[nH]1. The Labute approximate surface area is 190 Å². The zero-order chi connectivity index (χ0) is 21.8. The predicted octanol–water partition coefficient (Wildman–Crippen LogP) is 5.46. The van der Waals surface area contributed by atoms with Gasteiger partial charge in [0.05, 0.1) is 18.4 Å². The summed E-state index contributed by atoms with van der Waals surface area (Å²) >= 11 is 6.30. The maximum atomic E-state index is 6.61. The van der Waals surface area contributed by atoms with Crippen molar-refractivity contribution in [3.05, 3.63) is 46.0 Å². The molecule has 6 heteroatoms. The molecule has 2 atom stereocenters. The topological polar surface area (TPSA) is 50.4 Å². The molecule has 0 aliphatic carbocycles. The van der Waals surface area contributed by atoms with Gasteiger partial charge in [-0.3, -0.25) is 4.90 Å². The molecule has 2 unspecified atom stereocenters. The fourth-order valence-electron chi connectivity index (χ4n) is 5.76. The summed E-state index contributed by atoms with van der Waals surface area (Å²) in [6.07, 6.45) is 4.50. The van der Waals surface area contributed by atoms with E-state index < -0.39 is 0 Å². The van der Waals surface area contributed by atoms with Crippen molar-refractivity contribution >= 4 is 11.6 Å². The number of imidazole rings is 1. The van der Waals surface area contributed by atoms with Crippen molar-refractivity contribution in [1.29, 1.82) is 0 Å². The molecule has 1 spiro atoms. The molecule has 0 saturated carbocycles. The second kappa shape index (κ2) is 7.79. The molecule has 0 radical (unpaired) electrons. The minimum Gasteiger partial charge on any atom is -0.487 e. The van der Waals surface area contributed by atoms with Gasteiger partial charge in [-0.15, -0.1) is 0 Å². The number of hydrogen-bond acceptors (Lipinski definition) is 4. The lowest BCUT2D eigenvalue weighted by atomic mass is 9.64. The Morgan fingerprint density at radius 1 is 1.26 bits per heavy atom. The zero-order valence-electron chi connectivity index (χ0n) is 19.1. The number of aromatic amines is 1. The number of aromatic nitrogens is 2. The average molecular weight is 444 g/mol. The van der Waals surface area contributed by atoms with Crippen LogP contribution >= 0.6 is 11.6 Å². The van der Waals surface area contributed by atoms with E-state index in [9.17, 15) is 0 Å². The molecule has 0 amide bonds. The van der Waals surface area contributed by atoms with E-state index in [1.54, 1.807) is 0 Å². The number of aryl methyl sites for hydroxylation is 2. The molecule has 3 aliphatic heterocycles. The van der Waals surface area contributed by atoms with Gasteiger partial charge in [0.15, 0.2) is 0 Å². The molecule has 1 aromatic carbocycles. The van der Waals surface area contributed by atoms with Crippen molar-refractivity contribution in [2.75, 3.05) is 19.7 Å². The van der Waals surface area contributed by atoms with Crippen LogP contribution in [0.4, 0.5) is 0 Å². The molecule has 5 nitrogen and oxygen atoms in total. The van der Waals surface area contributed by atoms with Crippen molar-refractivity contribution in [3.63, 3.8) is 0 Å². The number of rotatable bonds is 3. The number of halogens is 1. The first-order chi connectivity index (χ1) is 14.8. The summed E-state index contributed by atoms with van der Waals surface area (Å²) in [5.41, 5.74) is 3.51. The van der Waals surface area contributed by atoms with E-state index in [1.807, 2.05) is 18.2 Å². The first-order valence-electron chi connectivity index (χ1n) is 11.7. The van der Waals surface area contributed by atoms with Gasteiger partial charge in [0.1, 0.15) is 17.2 Å². The van der Waals surface area contributed by atoms with Crippen LogP contribution in [-0.2, 0) is 17.7 Å². The molecular weight excluding hydrogens is 410 g/mol. The standard InChI is InChI=1S/C25H34ClN3O2/c1-5-22-27-16(2)20(28-22)14-29-10-8-25(9-11-29)13-19-23(30-15-25)18-12-17(26)6-7-21(18)31-24(19,3)4/h6-7,12,19,23H,5,8-11,13-15H2,1-4H3,(H,27,28). The van der Waals surface area contributed by atoms with Crippen molar-refractivity contribution in [3.8, 4) is 5.75 Å². The summed E-state index contributed by atoms with van der Waals surface area (Å²) in [6.45, 7) is 12.7. The Balaban J connectivity index is 1.29. The Morgan fingerprint density at radius 2 is 2.03 bits per heavy atom. The zero-order valence-corrected chi connectivity index (χ0v) is 19.9. The van der Waals surface area contributed by atoms with Gasteiger partial charge in [0.2, 0.25) is 0 Å². The van der Waals surface area contributed by atoms with E-state index in [-0.39, 0.29) is 17.1 Å². The minimum absolute atomic E-state index is 0.0697. The number of nitrogens with one attached hydrogen (secondary N) is 1. The summed E-state index contributed by atoms with van der Waals surface area (Å²) in [5.74, 6) is 2.34. The van der Waals surface area contributed by atoms with Crippen LogP contribution < -0.4 is 4.74 Å². The largest absolute Gasteiger partial charge is 0.487 e. The summed E-state index contributed by atoms with van der Waals surface area (Å²) in [5, 5.41) is 0.748. The minimum atomic E-state index is -0.251. The van der Waals surface area contributed by atoms with Crippen LogP contribution in [0.2, 0.25) is 5.02 Å². The fourth-order valence-corrected chi connectivity index (χ4v) is 5.94. The molecule has 2 saturated heterocycles. The number of hydrogen-bond donors (Lipinski definition) is 1. The van der Waals surface area contributed by atoms with E-state index in [0.29, 0.717) is 5.92 Å². The third-order valence-corrected chi connectivity index (χ3v) is 8.03. The number of H-pyrrole nitrogens is 1. The molecule has 4 heterocycles. The van der Waals surface area contributed by atoms with E-state index >= 15 is 0 Å². The van der Waals surface area contributed by atoms with Crippen LogP contribution in [0.5, 0.6) is 5.75 Å². The molecule has 31 heavy (non-hydrogen) atoms. The Morgan fingerprint density at radius 3 is 2.74 bits per heavy atom. The summed E-state index contributed by atoms with van der Waals surface area (Å²) in [6, 6.07) is 5.92. The van der Waals surface area contributed by atoms with Crippen LogP contribution in [0.25, 0.3) is 0 Å². The van der Waals surface area contributed by atoms with Crippen molar-refractivity contribution < 1.29 is 9.47 Å². The van der Waals surface area contributed by atoms with Crippen LogP contribution in [0, 0.1) is 18.3 Å². The fraction of sp³-hybridized carbons (Fsp3) is 0.640. The van der Waals surface area contributed by atoms with Crippen molar-refractivity contribution in [2.24, 2.45) is 11.3 Å². The normalized spacial score (nSPS) is 26.9. The highest BCUT2D eigenvalue weighted by Crippen LogP contribution is 2.55. The molecule has 0 bridgehead atoms. The molecule has 2 aromatic rings. The van der Waals surface area contributed by atoms with Crippen LogP contribution in [-0.4, -0.2) is 40.2 Å². The predicted molar refractivity (Wildman–Crippen MR) is 123 cm³/mol. The van der Waals surface area contributed by atoms with Crippen LogP contribution in [0.3, 0.4) is 0 Å². The summed E-state index contributed by atoms with van der Waals surface area (Å²) < 4.78 is 13.1. The van der Waals surface area contributed by atoms with E-state index in [1.165, 1.54) is 24.2 Å². The number of fused-ring (bicyclic) bond motifs is 3. The number of piperidine rings is 1. The highest BCUT2D eigenvalue weighted by Gasteiger charge is 2.52. The maximum absolute atomic E-state index is 6.61.